The van der Waals surface area contributed by atoms with Crippen LogP contribution in [0.4, 0.5) is 4.79 Å². The maximum absolute atomic E-state index is 12.2. The molecule has 0 aliphatic carbocycles. The van der Waals surface area contributed by atoms with Gasteiger partial charge in [0.2, 0.25) is 0 Å². The molecule has 1 aromatic carbocycles. The van der Waals surface area contributed by atoms with Crippen molar-refractivity contribution < 1.29 is 9.90 Å². The van der Waals surface area contributed by atoms with Crippen LogP contribution in [0.2, 0.25) is 0 Å². The quantitative estimate of drug-likeness (QED) is 0.887. The number of nitrogens with one attached hydrogen (secondary N) is 1. The van der Waals surface area contributed by atoms with Crippen LogP contribution in [0.25, 0.3) is 5.69 Å². The van der Waals surface area contributed by atoms with Gasteiger partial charge in [-0.2, -0.15) is 0 Å². The molecule has 1 aromatic heterocycles. The number of urea groups is 1. The summed E-state index contributed by atoms with van der Waals surface area (Å²) in [4.78, 5) is 14.0. The number of rotatable bonds is 4. The Balaban J connectivity index is 1.57. The Hall–Kier alpha value is -2.41. The maximum atomic E-state index is 12.2. The van der Waals surface area contributed by atoms with Gasteiger partial charge in [0.25, 0.3) is 0 Å². The number of para-hydroxylation sites is 1. The maximum Gasteiger partial charge on any atom is 0.317 e. The van der Waals surface area contributed by atoms with Crippen molar-refractivity contribution in [2.24, 2.45) is 5.92 Å². The summed E-state index contributed by atoms with van der Waals surface area (Å²) in [5, 5.41) is 20.1. The number of piperidine rings is 1. The number of aromatic nitrogens is 3. The van der Waals surface area contributed by atoms with Crippen LogP contribution in [0, 0.1) is 5.92 Å². The van der Waals surface area contributed by atoms with Gasteiger partial charge in [0.1, 0.15) is 6.33 Å². The van der Waals surface area contributed by atoms with Crippen LogP contribution in [0.15, 0.2) is 36.7 Å². The van der Waals surface area contributed by atoms with Crippen LogP contribution in [-0.2, 0) is 6.54 Å². The number of likely N-dealkylation sites (tertiary alicyclic amines) is 1. The van der Waals surface area contributed by atoms with Crippen LogP contribution in [-0.4, -0.2) is 50.5 Å². The molecule has 1 saturated heterocycles. The zero-order valence-corrected chi connectivity index (χ0v) is 12.9. The topological polar surface area (TPSA) is 83.3 Å². The number of benzene rings is 1. The Morgan fingerprint density at radius 3 is 2.70 bits per heavy atom. The van der Waals surface area contributed by atoms with Gasteiger partial charge in [-0.05, 0) is 30.9 Å². The van der Waals surface area contributed by atoms with Gasteiger partial charge in [0, 0.05) is 25.4 Å². The first-order valence-corrected chi connectivity index (χ1v) is 7.86. The molecule has 122 valence electrons. The van der Waals surface area contributed by atoms with Crippen molar-refractivity contribution in [3.8, 4) is 5.69 Å². The van der Waals surface area contributed by atoms with Gasteiger partial charge in [-0.3, -0.25) is 4.57 Å². The molecular weight excluding hydrogens is 294 g/mol. The molecule has 0 unspecified atom stereocenters. The van der Waals surface area contributed by atoms with Crippen LogP contribution in [0.3, 0.4) is 0 Å². The van der Waals surface area contributed by atoms with Crippen LogP contribution in [0.1, 0.15) is 18.7 Å². The third-order valence-electron chi connectivity index (χ3n) is 4.21. The first-order chi connectivity index (χ1) is 11.3. The molecule has 0 radical (unpaired) electrons. The molecule has 2 amide bonds. The van der Waals surface area contributed by atoms with Crippen LogP contribution >= 0.6 is 0 Å². The predicted molar refractivity (Wildman–Crippen MR) is 85.0 cm³/mol. The zero-order chi connectivity index (χ0) is 16.1. The Morgan fingerprint density at radius 2 is 2.00 bits per heavy atom. The molecule has 0 bridgehead atoms. The number of nitrogens with zero attached hydrogens (tertiary/aromatic N) is 4. The minimum atomic E-state index is -0.0935. The first kappa shape index (κ1) is 15.5. The summed E-state index contributed by atoms with van der Waals surface area (Å²) < 4.78 is 1.86. The average Bonchev–Trinajstić information content (AvgIpc) is 3.09. The molecule has 2 aromatic rings. The molecular formula is C16H21N5O2. The second kappa shape index (κ2) is 7.23. The van der Waals surface area contributed by atoms with Crippen molar-refractivity contribution in [1.29, 1.82) is 0 Å². The van der Waals surface area contributed by atoms with Crippen molar-refractivity contribution in [2.45, 2.75) is 19.4 Å². The van der Waals surface area contributed by atoms with Crippen LogP contribution < -0.4 is 5.32 Å². The molecule has 7 heteroatoms. The normalized spacial score (nSPS) is 15.6. The molecule has 7 nitrogen and oxygen atoms in total. The van der Waals surface area contributed by atoms with E-state index in [1.54, 1.807) is 11.2 Å². The molecule has 2 heterocycles. The Morgan fingerprint density at radius 1 is 1.26 bits per heavy atom. The minimum absolute atomic E-state index is 0.0935. The minimum Gasteiger partial charge on any atom is -0.396 e. The summed E-state index contributed by atoms with van der Waals surface area (Å²) in [6.07, 6.45) is 3.35. The Kier molecular flexibility index (Phi) is 4.87. The number of hydrogen-bond acceptors (Lipinski definition) is 4. The molecule has 1 fully saturated rings. The van der Waals surface area contributed by atoms with Gasteiger partial charge < -0.3 is 15.3 Å². The van der Waals surface area contributed by atoms with E-state index in [9.17, 15) is 4.79 Å². The summed E-state index contributed by atoms with van der Waals surface area (Å²) in [5.74, 6) is 1.01. The van der Waals surface area contributed by atoms with Gasteiger partial charge in [0.05, 0.1) is 6.54 Å². The molecule has 0 atom stereocenters. The predicted octanol–water partition coefficient (Wildman–Crippen LogP) is 1.18. The highest BCUT2D eigenvalue weighted by Gasteiger charge is 2.22. The largest absolute Gasteiger partial charge is 0.396 e. The number of aliphatic hydroxyl groups is 1. The van der Waals surface area contributed by atoms with E-state index < -0.39 is 0 Å². The van der Waals surface area contributed by atoms with E-state index >= 15 is 0 Å². The van der Waals surface area contributed by atoms with Crippen molar-refractivity contribution in [3.63, 3.8) is 0 Å². The fourth-order valence-electron chi connectivity index (χ4n) is 2.77. The first-order valence-electron chi connectivity index (χ1n) is 7.86. The lowest BCUT2D eigenvalue weighted by molar-refractivity contribution is 0.137. The molecule has 1 aliphatic rings. The smallest absolute Gasteiger partial charge is 0.317 e. The second-order valence-corrected chi connectivity index (χ2v) is 5.72. The number of carbonyl (C=O) groups is 1. The van der Waals surface area contributed by atoms with E-state index in [0.29, 0.717) is 31.4 Å². The lowest BCUT2D eigenvalue weighted by Gasteiger charge is -2.31. The number of hydrogen-bond donors (Lipinski definition) is 2. The van der Waals surface area contributed by atoms with Gasteiger partial charge in [-0.15, -0.1) is 10.2 Å². The van der Waals surface area contributed by atoms with E-state index in [2.05, 4.69) is 15.5 Å². The van der Waals surface area contributed by atoms with E-state index in [-0.39, 0.29) is 12.6 Å². The molecule has 3 rings (SSSR count). The lowest BCUT2D eigenvalue weighted by atomic mass is 9.98. The van der Waals surface area contributed by atoms with Gasteiger partial charge in [0.15, 0.2) is 5.82 Å². The van der Waals surface area contributed by atoms with Gasteiger partial charge in [-0.1, -0.05) is 18.2 Å². The van der Waals surface area contributed by atoms with Crippen molar-refractivity contribution in [1.82, 2.24) is 25.0 Å². The fraction of sp³-hybridized carbons (Fsp3) is 0.438. The highest BCUT2D eigenvalue weighted by Crippen LogP contribution is 2.16. The number of carbonyl (C=O) groups excluding carboxylic acids is 1. The standard InChI is InChI=1S/C16H21N5O2/c22-11-13-6-8-20(9-7-13)16(23)17-10-15-19-18-12-21(15)14-4-2-1-3-5-14/h1-5,12-13,22H,6-11H2,(H,17,23). The van der Waals surface area contributed by atoms with Crippen molar-refractivity contribution in [3.05, 3.63) is 42.5 Å². The monoisotopic (exact) mass is 315 g/mol. The molecule has 0 spiro atoms. The second-order valence-electron chi connectivity index (χ2n) is 5.72. The van der Waals surface area contributed by atoms with Crippen molar-refractivity contribution >= 4 is 6.03 Å². The summed E-state index contributed by atoms with van der Waals surface area (Å²) in [5.41, 5.74) is 0.963. The van der Waals surface area contributed by atoms with E-state index in [0.717, 1.165) is 18.5 Å². The number of amides is 2. The van der Waals surface area contributed by atoms with Gasteiger partial charge >= 0.3 is 6.03 Å². The molecule has 2 N–H and O–H groups in total. The highest BCUT2D eigenvalue weighted by molar-refractivity contribution is 5.74. The van der Waals surface area contributed by atoms with E-state index in [4.69, 9.17) is 5.11 Å². The third-order valence-corrected chi connectivity index (χ3v) is 4.21. The summed E-state index contributed by atoms with van der Waals surface area (Å²) in [7, 11) is 0. The highest BCUT2D eigenvalue weighted by atomic mass is 16.3. The van der Waals surface area contributed by atoms with Crippen LogP contribution in [0.5, 0.6) is 0 Å². The Labute approximate surface area is 134 Å². The zero-order valence-electron chi connectivity index (χ0n) is 12.9. The number of aliphatic hydroxyl groups excluding tert-OH is 1. The molecule has 1 aliphatic heterocycles. The summed E-state index contributed by atoms with van der Waals surface area (Å²) >= 11 is 0. The fourth-order valence-corrected chi connectivity index (χ4v) is 2.77. The Bertz CT molecular complexity index is 635. The lowest BCUT2D eigenvalue weighted by Crippen LogP contribution is -2.44. The van der Waals surface area contributed by atoms with E-state index in [1.165, 1.54) is 0 Å². The van der Waals surface area contributed by atoms with Crippen molar-refractivity contribution in [2.75, 3.05) is 19.7 Å². The third kappa shape index (κ3) is 3.68. The summed E-state index contributed by atoms with van der Waals surface area (Å²) in [6, 6.07) is 9.68. The van der Waals surface area contributed by atoms with Gasteiger partial charge in [-0.25, -0.2) is 4.79 Å². The molecule has 0 saturated carbocycles. The average molecular weight is 315 g/mol. The molecule has 23 heavy (non-hydrogen) atoms. The SMILES string of the molecule is O=C(NCc1nncn1-c1ccccc1)N1CCC(CO)CC1. The van der Waals surface area contributed by atoms with E-state index in [1.807, 2.05) is 34.9 Å². The summed E-state index contributed by atoms with van der Waals surface area (Å²) in [6.45, 7) is 1.90.